The van der Waals surface area contributed by atoms with E-state index in [4.69, 9.17) is 11.6 Å². The van der Waals surface area contributed by atoms with Gasteiger partial charge in [0.1, 0.15) is 5.88 Å². The molecule has 1 rings (SSSR count). The highest BCUT2D eigenvalue weighted by Gasteiger charge is 2.12. The molecule has 0 fully saturated rings. The largest absolute Gasteiger partial charge is 0.339 e. The number of carbonyl (C=O) groups excluding carboxylic acids is 2. The molecule has 0 saturated heterocycles. The summed E-state index contributed by atoms with van der Waals surface area (Å²) in [4.78, 5) is 24.8. The Hall–Kier alpha value is -1.55. The molecule has 98 valence electrons. The van der Waals surface area contributed by atoms with Gasteiger partial charge in [-0.15, -0.1) is 11.6 Å². The van der Waals surface area contributed by atoms with Crippen molar-refractivity contribution < 1.29 is 9.59 Å². The lowest BCUT2D eigenvalue weighted by molar-refractivity contribution is -0.113. The zero-order valence-corrected chi connectivity index (χ0v) is 11.3. The number of nitrogens with one attached hydrogen (secondary N) is 1. The van der Waals surface area contributed by atoms with Gasteiger partial charge in [-0.25, -0.2) is 0 Å². The maximum absolute atomic E-state index is 12.0. The number of carbonyl (C=O) groups is 2. The Morgan fingerprint density at radius 1 is 1.17 bits per heavy atom. The molecule has 1 N–H and O–H groups in total. The SMILES string of the molecule is CCN(CC)C(=O)c1ccc(NC(=O)CCl)cc1. The van der Waals surface area contributed by atoms with Crippen LogP contribution in [0, 0.1) is 0 Å². The van der Waals surface area contributed by atoms with E-state index in [0.29, 0.717) is 24.3 Å². The van der Waals surface area contributed by atoms with Crippen molar-refractivity contribution in [1.29, 1.82) is 0 Å². The molecular weight excluding hydrogens is 252 g/mol. The van der Waals surface area contributed by atoms with Crippen LogP contribution in [0.3, 0.4) is 0 Å². The number of halogens is 1. The zero-order valence-electron chi connectivity index (χ0n) is 10.6. The Morgan fingerprint density at radius 3 is 2.17 bits per heavy atom. The summed E-state index contributed by atoms with van der Waals surface area (Å²) in [6, 6.07) is 6.79. The van der Waals surface area contributed by atoms with E-state index in [1.54, 1.807) is 29.2 Å². The van der Waals surface area contributed by atoms with E-state index in [1.165, 1.54) is 0 Å². The minimum atomic E-state index is -0.264. The van der Waals surface area contributed by atoms with Gasteiger partial charge < -0.3 is 10.2 Å². The van der Waals surface area contributed by atoms with E-state index in [1.807, 2.05) is 13.8 Å². The minimum Gasteiger partial charge on any atom is -0.339 e. The highest BCUT2D eigenvalue weighted by atomic mass is 35.5. The molecule has 0 radical (unpaired) electrons. The number of hydrogen-bond acceptors (Lipinski definition) is 2. The van der Waals surface area contributed by atoms with Crippen LogP contribution in [0.25, 0.3) is 0 Å². The van der Waals surface area contributed by atoms with Crippen LogP contribution < -0.4 is 5.32 Å². The molecule has 0 aromatic heterocycles. The Labute approximate surface area is 112 Å². The number of benzene rings is 1. The minimum absolute atomic E-state index is 0.00443. The van der Waals surface area contributed by atoms with Crippen LogP contribution in [0.4, 0.5) is 5.69 Å². The van der Waals surface area contributed by atoms with Gasteiger partial charge in [-0.1, -0.05) is 0 Å². The van der Waals surface area contributed by atoms with Gasteiger partial charge in [0.2, 0.25) is 5.91 Å². The maximum atomic E-state index is 12.0. The summed E-state index contributed by atoms with van der Waals surface area (Å²) in [5.41, 5.74) is 1.25. The van der Waals surface area contributed by atoms with Crippen LogP contribution >= 0.6 is 11.6 Å². The highest BCUT2D eigenvalue weighted by molar-refractivity contribution is 6.29. The molecule has 0 bridgehead atoms. The van der Waals surface area contributed by atoms with Crippen LogP contribution in [0.15, 0.2) is 24.3 Å². The third-order valence-corrected chi connectivity index (χ3v) is 2.83. The molecule has 0 atom stereocenters. The van der Waals surface area contributed by atoms with Crippen LogP contribution in [-0.2, 0) is 4.79 Å². The van der Waals surface area contributed by atoms with Crippen molar-refractivity contribution in [3.8, 4) is 0 Å². The predicted octanol–water partition coefficient (Wildman–Crippen LogP) is 2.35. The van der Waals surface area contributed by atoms with Crippen molar-refractivity contribution in [2.45, 2.75) is 13.8 Å². The lowest BCUT2D eigenvalue weighted by Crippen LogP contribution is -2.30. The van der Waals surface area contributed by atoms with E-state index in [0.717, 1.165) is 0 Å². The van der Waals surface area contributed by atoms with Crippen LogP contribution in [0.5, 0.6) is 0 Å². The number of nitrogens with zero attached hydrogens (tertiary/aromatic N) is 1. The van der Waals surface area contributed by atoms with Crippen molar-refractivity contribution in [3.63, 3.8) is 0 Å². The van der Waals surface area contributed by atoms with Gasteiger partial charge in [0.05, 0.1) is 0 Å². The molecule has 0 saturated carbocycles. The first-order valence-corrected chi connectivity index (χ1v) is 6.41. The topological polar surface area (TPSA) is 49.4 Å². The normalized spacial score (nSPS) is 9.94. The summed E-state index contributed by atoms with van der Waals surface area (Å²) < 4.78 is 0. The van der Waals surface area contributed by atoms with E-state index in [9.17, 15) is 9.59 Å². The van der Waals surface area contributed by atoms with Gasteiger partial charge >= 0.3 is 0 Å². The van der Waals surface area contributed by atoms with E-state index in [-0.39, 0.29) is 17.7 Å². The molecule has 0 aliphatic rings. The average molecular weight is 269 g/mol. The average Bonchev–Trinajstić information content (AvgIpc) is 2.40. The second-order valence-electron chi connectivity index (χ2n) is 3.74. The zero-order chi connectivity index (χ0) is 13.5. The first-order valence-electron chi connectivity index (χ1n) is 5.87. The van der Waals surface area contributed by atoms with Crippen molar-refractivity contribution in [2.24, 2.45) is 0 Å². The number of alkyl halides is 1. The summed E-state index contributed by atoms with van der Waals surface area (Å²) in [6.45, 7) is 5.24. The molecule has 4 nitrogen and oxygen atoms in total. The summed E-state index contributed by atoms with van der Waals surface area (Å²) in [5.74, 6) is -0.352. The standard InChI is InChI=1S/C13H17ClN2O2/c1-3-16(4-2)13(18)10-5-7-11(8-6-10)15-12(17)9-14/h5-8H,3-4,9H2,1-2H3,(H,15,17). The third kappa shape index (κ3) is 3.74. The number of hydrogen-bond donors (Lipinski definition) is 1. The highest BCUT2D eigenvalue weighted by Crippen LogP contribution is 2.11. The molecule has 1 aromatic carbocycles. The lowest BCUT2D eigenvalue weighted by Gasteiger charge is -2.18. The lowest BCUT2D eigenvalue weighted by atomic mass is 10.2. The molecule has 18 heavy (non-hydrogen) atoms. The smallest absolute Gasteiger partial charge is 0.253 e. The fourth-order valence-electron chi connectivity index (χ4n) is 1.58. The number of amides is 2. The molecular formula is C13H17ClN2O2. The Bertz CT molecular complexity index is 414. The van der Waals surface area contributed by atoms with Crippen LogP contribution in [0.1, 0.15) is 24.2 Å². The Balaban J connectivity index is 2.76. The first-order chi connectivity index (χ1) is 8.62. The van der Waals surface area contributed by atoms with Gasteiger partial charge in [0.25, 0.3) is 5.91 Å². The summed E-state index contributed by atoms with van der Waals surface area (Å²) in [7, 11) is 0. The quantitative estimate of drug-likeness (QED) is 0.834. The van der Waals surface area contributed by atoms with E-state index >= 15 is 0 Å². The molecule has 0 unspecified atom stereocenters. The molecule has 0 aliphatic heterocycles. The first kappa shape index (κ1) is 14.5. The van der Waals surface area contributed by atoms with Gasteiger partial charge in [-0.2, -0.15) is 0 Å². The van der Waals surface area contributed by atoms with Gasteiger partial charge in [-0.3, -0.25) is 9.59 Å². The summed E-state index contributed by atoms with van der Waals surface area (Å²) in [6.07, 6.45) is 0. The Kier molecular flexibility index (Phi) is 5.65. The third-order valence-electron chi connectivity index (χ3n) is 2.59. The van der Waals surface area contributed by atoms with E-state index < -0.39 is 0 Å². The summed E-state index contributed by atoms with van der Waals surface area (Å²) in [5, 5.41) is 2.62. The number of anilines is 1. The van der Waals surface area contributed by atoms with Gasteiger partial charge in [0, 0.05) is 24.3 Å². The molecule has 2 amide bonds. The second-order valence-corrected chi connectivity index (χ2v) is 4.00. The summed E-state index contributed by atoms with van der Waals surface area (Å²) >= 11 is 5.39. The van der Waals surface area contributed by atoms with Crippen LogP contribution in [0.2, 0.25) is 0 Å². The fourth-order valence-corrected chi connectivity index (χ4v) is 1.65. The molecule has 0 aliphatic carbocycles. The molecule has 5 heteroatoms. The Morgan fingerprint density at radius 2 is 1.72 bits per heavy atom. The predicted molar refractivity (Wildman–Crippen MR) is 73.0 cm³/mol. The van der Waals surface area contributed by atoms with Crippen LogP contribution in [-0.4, -0.2) is 35.7 Å². The fraction of sp³-hybridized carbons (Fsp3) is 0.385. The number of rotatable bonds is 5. The van der Waals surface area contributed by atoms with Gasteiger partial charge in [-0.05, 0) is 38.1 Å². The second kappa shape index (κ2) is 7.01. The van der Waals surface area contributed by atoms with Crippen molar-refractivity contribution in [1.82, 2.24) is 4.90 Å². The van der Waals surface area contributed by atoms with Crippen molar-refractivity contribution in [2.75, 3.05) is 24.3 Å². The maximum Gasteiger partial charge on any atom is 0.253 e. The van der Waals surface area contributed by atoms with Crippen molar-refractivity contribution >= 4 is 29.1 Å². The molecule has 1 aromatic rings. The molecule has 0 heterocycles. The van der Waals surface area contributed by atoms with E-state index in [2.05, 4.69) is 5.32 Å². The monoisotopic (exact) mass is 268 g/mol. The molecule has 0 spiro atoms. The van der Waals surface area contributed by atoms with Crippen molar-refractivity contribution in [3.05, 3.63) is 29.8 Å². The van der Waals surface area contributed by atoms with Gasteiger partial charge in [0.15, 0.2) is 0 Å².